The molecule has 1 aromatic heterocycles. The van der Waals surface area contributed by atoms with Crippen LogP contribution in [0.4, 0.5) is 13.2 Å². The van der Waals surface area contributed by atoms with Crippen molar-refractivity contribution in [3.8, 4) is 0 Å². The van der Waals surface area contributed by atoms with Gasteiger partial charge in [-0.15, -0.1) is 0 Å². The molecule has 1 aromatic carbocycles. The molecule has 0 saturated carbocycles. The number of aromatic nitrogens is 1. The standard InChI is InChI=1S/C15H13F3N2O3/c16-11-6-9(7-12(17)13(11)18)8-20-4-1-2-10(15(20)23)14(22)19-3-5-21/h1-2,4,6-7,21H,3,5,8H2,(H,19,22). The molecule has 0 spiro atoms. The van der Waals surface area contributed by atoms with Gasteiger partial charge in [0, 0.05) is 12.7 Å². The number of aliphatic hydroxyl groups is 1. The van der Waals surface area contributed by atoms with Crippen molar-refractivity contribution in [2.24, 2.45) is 0 Å². The normalized spacial score (nSPS) is 10.6. The van der Waals surface area contributed by atoms with Crippen molar-refractivity contribution in [2.45, 2.75) is 6.54 Å². The van der Waals surface area contributed by atoms with Gasteiger partial charge in [-0.25, -0.2) is 13.2 Å². The van der Waals surface area contributed by atoms with Gasteiger partial charge in [-0.05, 0) is 29.8 Å². The van der Waals surface area contributed by atoms with Crippen molar-refractivity contribution >= 4 is 5.91 Å². The number of carbonyl (C=O) groups is 1. The fourth-order valence-corrected chi connectivity index (χ4v) is 1.99. The van der Waals surface area contributed by atoms with Gasteiger partial charge >= 0.3 is 0 Å². The van der Waals surface area contributed by atoms with E-state index in [1.807, 2.05) is 0 Å². The van der Waals surface area contributed by atoms with Crippen molar-refractivity contribution < 1.29 is 23.1 Å². The minimum Gasteiger partial charge on any atom is -0.395 e. The Balaban J connectivity index is 2.31. The fraction of sp³-hybridized carbons (Fsp3) is 0.200. The van der Waals surface area contributed by atoms with Crippen LogP contribution in [0.3, 0.4) is 0 Å². The Morgan fingerprint density at radius 2 is 1.87 bits per heavy atom. The molecular formula is C15H13F3N2O3. The van der Waals surface area contributed by atoms with Crippen molar-refractivity contribution in [3.63, 3.8) is 0 Å². The van der Waals surface area contributed by atoms with Crippen molar-refractivity contribution in [1.29, 1.82) is 0 Å². The summed E-state index contributed by atoms with van der Waals surface area (Å²) < 4.78 is 40.4. The molecule has 0 aliphatic carbocycles. The van der Waals surface area contributed by atoms with E-state index in [4.69, 9.17) is 5.11 Å². The van der Waals surface area contributed by atoms with E-state index in [1.165, 1.54) is 18.3 Å². The van der Waals surface area contributed by atoms with Crippen molar-refractivity contribution in [2.75, 3.05) is 13.2 Å². The van der Waals surface area contributed by atoms with Crippen molar-refractivity contribution in [1.82, 2.24) is 9.88 Å². The maximum Gasteiger partial charge on any atom is 0.263 e. The number of rotatable bonds is 5. The van der Waals surface area contributed by atoms with Gasteiger partial charge in [-0.3, -0.25) is 9.59 Å². The molecule has 2 aromatic rings. The molecule has 0 atom stereocenters. The number of nitrogens with zero attached hydrogens (tertiary/aromatic N) is 1. The molecule has 23 heavy (non-hydrogen) atoms. The van der Waals surface area contributed by atoms with Gasteiger partial charge in [0.15, 0.2) is 17.5 Å². The Bertz CT molecular complexity index is 767. The van der Waals surface area contributed by atoms with Crippen LogP contribution < -0.4 is 10.9 Å². The zero-order chi connectivity index (χ0) is 17.0. The van der Waals surface area contributed by atoms with Crippen LogP contribution in [0.25, 0.3) is 0 Å². The highest BCUT2D eigenvalue weighted by Gasteiger charge is 2.14. The first kappa shape index (κ1) is 16.8. The Hall–Kier alpha value is -2.61. The number of carbonyl (C=O) groups excluding carboxylic acids is 1. The SMILES string of the molecule is O=C(NCCO)c1cccn(Cc2cc(F)c(F)c(F)c2)c1=O. The maximum atomic E-state index is 13.2. The zero-order valence-corrected chi connectivity index (χ0v) is 11.9. The van der Waals surface area contributed by atoms with E-state index >= 15 is 0 Å². The lowest BCUT2D eigenvalue weighted by Crippen LogP contribution is -2.34. The van der Waals surface area contributed by atoms with Gasteiger partial charge in [-0.2, -0.15) is 0 Å². The second kappa shape index (κ2) is 7.10. The molecule has 0 aliphatic heterocycles. The summed E-state index contributed by atoms with van der Waals surface area (Å²) in [5.74, 6) is -4.97. The van der Waals surface area contributed by atoms with E-state index in [-0.39, 0.29) is 30.8 Å². The highest BCUT2D eigenvalue weighted by atomic mass is 19.2. The molecule has 2 N–H and O–H groups in total. The van der Waals surface area contributed by atoms with Crippen LogP contribution in [0.2, 0.25) is 0 Å². The molecule has 0 fully saturated rings. The van der Waals surface area contributed by atoms with Crippen LogP contribution in [0.1, 0.15) is 15.9 Å². The molecule has 0 bridgehead atoms. The Kier molecular flexibility index (Phi) is 5.17. The molecule has 2 rings (SSSR count). The highest BCUT2D eigenvalue weighted by Crippen LogP contribution is 2.14. The number of halogens is 3. The fourth-order valence-electron chi connectivity index (χ4n) is 1.99. The zero-order valence-electron chi connectivity index (χ0n) is 11.9. The smallest absolute Gasteiger partial charge is 0.263 e. The molecule has 0 saturated heterocycles. The monoisotopic (exact) mass is 326 g/mol. The van der Waals surface area contributed by atoms with Crippen LogP contribution in [0.15, 0.2) is 35.3 Å². The average Bonchev–Trinajstić information content (AvgIpc) is 2.52. The molecule has 0 unspecified atom stereocenters. The predicted octanol–water partition coefficient (Wildman–Crippen LogP) is 1.04. The quantitative estimate of drug-likeness (QED) is 0.807. The molecule has 1 amide bonds. The second-order valence-corrected chi connectivity index (χ2v) is 4.71. The Labute approximate surface area is 129 Å². The first-order valence-corrected chi connectivity index (χ1v) is 6.66. The first-order valence-electron chi connectivity index (χ1n) is 6.66. The number of hydrogen-bond donors (Lipinski definition) is 2. The number of amides is 1. The number of hydrogen-bond acceptors (Lipinski definition) is 3. The second-order valence-electron chi connectivity index (χ2n) is 4.71. The topological polar surface area (TPSA) is 71.3 Å². The summed E-state index contributed by atoms with van der Waals surface area (Å²) in [6.07, 6.45) is 1.34. The molecule has 122 valence electrons. The van der Waals surface area contributed by atoms with Gasteiger partial charge in [0.05, 0.1) is 13.2 Å². The Morgan fingerprint density at radius 1 is 1.22 bits per heavy atom. The summed E-state index contributed by atoms with van der Waals surface area (Å²) in [7, 11) is 0. The molecule has 8 heteroatoms. The lowest BCUT2D eigenvalue weighted by atomic mass is 10.2. The lowest BCUT2D eigenvalue weighted by Gasteiger charge is -2.09. The summed E-state index contributed by atoms with van der Waals surface area (Å²) in [6.45, 7) is -0.517. The van der Waals surface area contributed by atoms with E-state index in [1.54, 1.807) is 0 Å². The first-order chi connectivity index (χ1) is 10.9. The van der Waals surface area contributed by atoms with Crippen LogP contribution >= 0.6 is 0 Å². The maximum absolute atomic E-state index is 13.2. The number of nitrogens with one attached hydrogen (secondary N) is 1. The third-order valence-electron chi connectivity index (χ3n) is 3.06. The minimum absolute atomic E-state index is 0.0123. The van der Waals surface area contributed by atoms with Crippen LogP contribution in [0, 0.1) is 17.5 Å². The van der Waals surface area contributed by atoms with E-state index < -0.39 is 28.9 Å². The number of aliphatic hydroxyl groups excluding tert-OH is 1. The van der Waals surface area contributed by atoms with Crippen LogP contribution in [0.5, 0.6) is 0 Å². The average molecular weight is 326 g/mol. The largest absolute Gasteiger partial charge is 0.395 e. The summed E-state index contributed by atoms with van der Waals surface area (Å²) in [4.78, 5) is 24.0. The van der Waals surface area contributed by atoms with Crippen LogP contribution in [-0.2, 0) is 6.54 Å². The lowest BCUT2D eigenvalue weighted by molar-refractivity contribution is 0.0942. The van der Waals surface area contributed by atoms with Gasteiger partial charge in [-0.1, -0.05) is 0 Å². The summed E-state index contributed by atoms with van der Waals surface area (Å²) in [5.41, 5.74) is -0.812. The third kappa shape index (κ3) is 3.78. The predicted molar refractivity (Wildman–Crippen MR) is 75.5 cm³/mol. The van der Waals surface area contributed by atoms with E-state index in [0.29, 0.717) is 0 Å². The highest BCUT2D eigenvalue weighted by molar-refractivity contribution is 5.93. The van der Waals surface area contributed by atoms with Gasteiger partial charge in [0.25, 0.3) is 11.5 Å². The minimum atomic E-state index is -1.58. The summed E-state index contributed by atoms with van der Waals surface area (Å²) in [5, 5.41) is 11.0. The molecule has 0 radical (unpaired) electrons. The third-order valence-corrected chi connectivity index (χ3v) is 3.06. The molecule has 5 nitrogen and oxygen atoms in total. The molecule has 1 heterocycles. The van der Waals surface area contributed by atoms with E-state index in [2.05, 4.69) is 5.32 Å². The van der Waals surface area contributed by atoms with Crippen LogP contribution in [-0.4, -0.2) is 28.7 Å². The van der Waals surface area contributed by atoms with Crippen molar-refractivity contribution in [3.05, 3.63) is 69.4 Å². The summed E-state index contributed by atoms with van der Waals surface area (Å²) >= 11 is 0. The van der Waals surface area contributed by atoms with E-state index in [0.717, 1.165) is 16.7 Å². The molecular weight excluding hydrogens is 313 g/mol. The number of benzene rings is 1. The number of pyridine rings is 1. The van der Waals surface area contributed by atoms with Gasteiger partial charge in [0.1, 0.15) is 5.56 Å². The van der Waals surface area contributed by atoms with E-state index in [9.17, 15) is 22.8 Å². The van der Waals surface area contributed by atoms with Gasteiger partial charge in [0.2, 0.25) is 0 Å². The molecule has 0 aliphatic rings. The Morgan fingerprint density at radius 3 is 2.48 bits per heavy atom. The van der Waals surface area contributed by atoms with Gasteiger partial charge < -0.3 is 15.0 Å². The summed E-state index contributed by atoms with van der Waals surface area (Å²) in [6, 6.07) is 4.27.